The highest BCUT2D eigenvalue weighted by molar-refractivity contribution is 6.20. The molecule has 1 saturated heterocycles. The van der Waals surface area contributed by atoms with Crippen molar-refractivity contribution in [2.24, 2.45) is 16.7 Å². The minimum absolute atomic E-state index is 0.159. The second-order valence-electron chi connectivity index (χ2n) is 7.67. The summed E-state index contributed by atoms with van der Waals surface area (Å²) in [6.45, 7) is 9.91. The van der Waals surface area contributed by atoms with Gasteiger partial charge in [0.15, 0.2) is 0 Å². The largest absolute Gasteiger partial charge is 0.349 e. The first-order chi connectivity index (χ1) is 11.7. The molecule has 3 rings (SSSR count). The molecular formula is C20H24N2O3. The van der Waals surface area contributed by atoms with Crippen molar-refractivity contribution in [1.29, 1.82) is 0 Å². The van der Waals surface area contributed by atoms with Gasteiger partial charge >= 0.3 is 0 Å². The number of nitrogens with zero attached hydrogens (tertiary/aromatic N) is 1. The molecular weight excluding hydrogens is 316 g/mol. The lowest BCUT2D eigenvalue weighted by atomic mass is 9.62. The summed E-state index contributed by atoms with van der Waals surface area (Å²) in [4.78, 5) is 39.6. The molecule has 1 saturated carbocycles. The summed E-state index contributed by atoms with van der Waals surface area (Å²) in [6, 6.07) is 6.68. The number of hydrogen-bond acceptors (Lipinski definition) is 3. The first kappa shape index (κ1) is 17.4. The van der Waals surface area contributed by atoms with Crippen molar-refractivity contribution in [1.82, 2.24) is 5.32 Å². The van der Waals surface area contributed by atoms with Crippen molar-refractivity contribution in [3.8, 4) is 0 Å². The van der Waals surface area contributed by atoms with E-state index >= 15 is 0 Å². The SMILES string of the molecule is C=CCNC(=O)c1cccc(N2C(=O)[C@H]3CC[C@@](C)(C2=O)C3(C)C)c1. The van der Waals surface area contributed by atoms with E-state index in [1.165, 1.54) is 4.90 Å². The monoisotopic (exact) mass is 340 g/mol. The lowest BCUT2D eigenvalue weighted by Gasteiger charge is -2.47. The van der Waals surface area contributed by atoms with E-state index in [1.54, 1.807) is 30.3 Å². The van der Waals surface area contributed by atoms with Gasteiger partial charge in [0.25, 0.3) is 5.91 Å². The molecule has 5 nitrogen and oxygen atoms in total. The number of fused-ring (bicyclic) bond motifs is 2. The predicted octanol–water partition coefficient (Wildman–Crippen LogP) is 2.92. The van der Waals surface area contributed by atoms with E-state index < -0.39 is 5.41 Å². The zero-order valence-corrected chi connectivity index (χ0v) is 15.0. The first-order valence-electron chi connectivity index (χ1n) is 8.61. The van der Waals surface area contributed by atoms with E-state index in [-0.39, 0.29) is 29.1 Å². The van der Waals surface area contributed by atoms with Gasteiger partial charge in [-0.3, -0.25) is 14.4 Å². The summed E-state index contributed by atoms with van der Waals surface area (Å²) in [5.41, 5.74) is -0.0271. The van der Waals surface area contributed by atoms with Gasteiger partial charge in [-0.05, 0) is 36.5 Å². The molecule has 2 atom stereocenters. The number of benzene rings is 1. The van der Waals surface area contributed by atoms with Crippen LogP contribution in [0.25, 0.3) is 0 Å². The standard InChI is InChI=1S/C20H24N2O3/c1-5-11-21-16(23)13-7-6-8-14(12-13)22-17(24)15-9-10-20(4,18(22)25)19(15,2)3/h5-8,12,15H,1,9-11H2,2-4H3,(H,21,23)/t15-,20+/m1/s1. The average Bonchev–Trinajstić information content (AvgIpc) is 2.76. The maximum Gasteiger partial charge on any atom is 0.251 e. The normalized spacial score (nSPS) is 27.3. The van der Waals surface area contributed by atoms with E-state index in [9.17, 15) is 14.4 Å². The molecule has 1 aromatic rings. The zero-order chi connectivity index (χ0) is 18.4. The number of anilines is 1. The lowest BCUT2D eigenvalue weighted by molar-refractivity contribution is -0.146. The third kappa shape index (κ3) is 2.41. The van der Waals surface area contributed by atoms with Crippen molar-refractivity contribution in [3.63, 3.8) is 0 Å². The number of hydrogen-bond donors (Lipinski definition) is 1. The van der Waals surface area contributed by atoms with Crippen LogP contribution in [0.15, 0.2) is 36.9 Å². The second kappa shape index (κ2) is 5.83. The summed E-state index contributed by atoms with van der Waals surface area (Å²) in [5.74, 6) is -0.754. The van der Waals surface area contributed by atoms with Gasteiger partial charge in [-0.15, -0.1) is 6.58 Å². The molecule has 1 N–H and O–H groups in total. The predicted molar refractivity (Wildman–Crippen MR) is 96.1 cm³/mol. The van der Waals surface area contributed by atoms with Crippen LogP contribution in [-0.2, 0) is 9.59 Å². The molecule has 1 aliphatic carbocycles. The Bertz CT molecular complexity index is 768. The second-order valence-corrected chi connectivity index (χ2v) is 7.67. The molecule has 0 spiro atoms. The third-order valence-electron chi connectivity index (χ3n) is 6.19. The van der Waals surface area contributed by atoms with Crippen LogP contribution in [0.1, 0.15) is 44.0 Å². The highest BCUT2D eigenvalue weighted by Crippen LogP contribution is 2.60. The summed E-state index contributed by atoms with van der Waals surface area (Å²) in [5, 5.41) is 2.71. The van der Waals surface area contributed by atoms with Crippen LogP contribution in [-0.4, -0.2) is 24.3 Å². The molecule has 1 heterocycles. The van der Waals surface area contributed by atoms with Crippen molar-refractivity contribution in [2.75, 3.05) is 11.4 Å². The molecule has 0 aromatic heterocycles. The van der Waals surface area contributed by atoms with E-state index in [2.05, 4.69) is 11.9 Å². The van der Waals surface area contributed by atoms with E-state index in [1.807, 2.05) is 20.8 Å². The highest BCUT2D eigenvalue weighted by Gasteiger charge is 2.64. The number of carbonyl (C=O) groups excluding carboxylic acids is 3. The van der Waals surface area contributed by atoms with Gasteiger partial charge in [0.2, 0.25) is 11.8 Å². The molecule has 2 fully saturated rings. The molecule has 1 aliphatic heterocycles. The van der Waals surface area contributed by atoms with Gasteiger partial charge in [-0.2, -0.15) is 0 Å². The molecule has 3 amide bonds. The van der Waals surface area contributed by atoms with Crippen molar-refractivity contribution in [2.45, 2.75) is 33.6 Å². The topological polar surface area (TPSA) is 66.5 Å². The van der Waals surface area contributed by atoms with Crippen LogP contribution in [0.2, 0.25) is 0 Å². The van der Waals surface area contributed by atoms with Crippen molar-refractivity contribution >= 4 is 23.4 Å². The lowest BCUT2D eigenvalue weighted by Crippen LogP contribution is -2.59. The molecule has 25 heavy (non-hydrogen) atoms. The number of amides is 3. The highest BCUT2D eigenvalue weighted by atomic mass is 16.2. The van der Waals surface area contributed by atoms with Gasteiger partial charge in [0, 0.05) is 18.0 Å². The fraction of sp³-hybridized carbons (Fsp3) is 0.450. The molecule has 5 heteroatoms. The van der Waals surface area contributed by atoms with Crippen molar-refractivity contribution < 1.29 is 14.4 Å². The number of piperidine rings is 1. The summed E-state index contributed by atoms with van der Waals surface area (Å²) in [7, 11) is 0. The Balaban J connectivity index is 1.98. The number of imide groups is 1. The Morgan fingerprint density at radius 3 is 2.76 bits per heavy atom. The summed E-state index contributed by atoms with van der Waals surface area (Å²) in [6.07, 6.45) is 3.04. The maximum absolute atomic E-state index is 13.2. The number of carbonyl (C=O) groups is 3. The Morgan fingerprint density at radius 2 is 2.08 bits per heavy atom. The van der Waals surface area contributed by atoms with Crippen LogP contribution >= 0.6 is 0 Å². The Labute approximate surface area is 148 Å². The van der Waals surface area contributed by atoms with E-state index in [4.69, 9.17) is 0 Å². The van der Waals surface area contributed by atoms with E-state index in [0.717, 1.165) is 6.42 Å². The van der Waals surface area contributed by atoms with Crippen LogP contribution in [0.5, 0.6) is 0 Å². The molecule has 0 radical (unpaired) electrons. The van der Waals surface area contributed by atoms with Gasteiger partial charge in [-0.25, -0.2) is 4.90 Å². The molecule has 2 aliphatic rings. The van der Waals surface area contributed by atoms with Crippen molar-refractivity contribution in [3.05, 3.63) is 42.5 Å². The van der Waals surface area contributed by atoms with Gasteiger partial charge in [0.05, 0.1) is 11.1 Å². The van der Waals surface area contributed by atoms with E-state index in [0.29, 0.717) is 24.2 Å². The molecule has 0 unspecified atom stereocenters. The van der Waals surface area contributed by atoms with Crippen LogP contribution in [0.4, 0.5) is 5.69 Å². The Hall–Kier alpha value is -2.43. The Morgan fingerprint density at radius 1 is 1.36 bits per heavy atom. The smallest absolute Gasteiger partial charge is 0.251 e. The summed E-state index contributed by atoms with van der Waals surface area (Å²) < 4.78 is 0. The van der Waals surface area contributed by atoms with Gasteiger partial charge in [-0.1, -0.05) is 32.9 Å². The zero-order valence-electron chi connectivity index (χ0n) is 15.0. The maximum atomic E-state index is 13.2. The fourth-order valence-corrected chi connectivity index (χ4v) is 4.12. The minimum Gasteiger partial charge on any atom is -0.349 e. The average molecular weight is 340 g/mol. The fourth-order valence-electron chi connectivity index (χ4n) is 4.12. The number of rotatable bonds is 4. The number of nitrogens with one attached hydrogen (secondary N) is 1. The van der Waals surface area contributed by atoms with Crippen LogP contribution < -0.4 is 10.2 Å². The quantitative estimate of drug-likeness (QED) is 0.677. The molecule has 1 aromatic carbocycles. The minimum atomic E-state index is -0.563. The first-order valence-corrected chi connectivity index (χ1v) is 8.61. The molecule has 2 bridgehead atoms. The van der Waals surface area contributed by atoms with Crippen LogP contribution in [0.3, 0.4) is 0 Å². The van der Waals surface area contributed by atoms with Crippen LogP contribution in [0, 0.1) is 16.7 Å². The Kier molecular flexibility index (Phi) is 4.06. The summed E-state index contributed by atoms with van der Waals surface area (Å²) >= 11 is 0. The third-order valence-corrected chi connectivity index (χ3v) is 6.19. The molecule has 132 valence electrons. The van der Waals surface area contributed by atoms with Gasteiger partial charge < -0.3 is 5.32 Å². The van der Waals surface area contributed by atoms with Gasteiger partial charge in [0.1, 0.15) is 0 Å².